The summed E-state index contributed by atoms with van der Waals surface area (Å²) in [5.74, 6) is -3.64. The van der Waals surface area contributed by atoms with E-state index in [4.69, 9.17) is 5.73 Å². The largest absolute Gasteiger partial charge is 0.368 e. The number of carbonyl (C=O) groups excluding carboxylic acids is 7. The van der Waals surface area contributed by atoms with Crippen LogP contribution in [0, 0.1) is 0 Å². The van der Waals surface area contributed by atoms with Gasteiger partial charge in [-0.3, -0.25) is 33.6 Å². The number of hydrogen-bond acceptors (Lipinski definition) is 8. The number of rotatable bonds is 6. The van der Waals surface area contributed by atoms with Crippen LogP contribution in [0.4, 0.5) is 0 Å². The summed E-state index contributed by atoms with van der Waals surface area (Å²) in [4.78, 5) is 97.8. The van der Waals surface area contributed by atoms with Crippen LogP contribution in [0.15, 0.2) is 60.7 Å². The third-order valence-corrected chi connectivity index (χ3v) is 8.44. The first-order valence-corrected chi connectivity index (χ1v) is 16.4. The van der Waals surface area contributed by atoms with Crippen LogP contribution in [0.1, 0.15) is 17.5 Å². The van der Waals surface area contributed by atoms with Crippen LogP contribution in [0.5, 0.6) is 0 Å². The highest BCUT2D eigenvalue weighted by atomic mass is 16.2. The molecule has 15 nitrogen and oxygen atoms in total. The van der Waals surface area contributed by atoms with Gasteiger partial charge in [0.15, 0.2) is 0 Å². The number of benzene rings is 2. The third kappa shape index (κ3) is 12.0. The van der Waals surface area contributed by atoms with Crippen molar-refractivity contribution in [3.63, 3.8) is 0 Å². The molecule has 0 bridgehead atoms. The second-order valence-electron chi connectivity index (χ2n) is 12.4. The third-order valence-electron chi connectivity index (χ3n) is 8.44. The fourth-order valence-corrected chi connectivity index (χ4v) is 5.39. The fraction of sp³-hybridized carbons (Fsp3) is 0.457. The second-order valence-corrected chi connectivity index (χ2v) is 12.4. The molecule has 1 aliphatic rings. The molecule has 0 aromatic heterocycles. The number of primary amides is 1. The molecule has 0 saturated carbocycles. The van der Waals surface area contributed by atoms with E-state index in [1.54, 1.807) is 24.3 Å². The van der Waals surface area contributed by atoms with Crippen molar-refractivity contribution in [2.24, 2.45) is 5.73 Å². The van der Waals surface area contributed by atoms with Gasteiger partial charge in [-0.1, -0.05) is 60.7 Å². The zero-order chi connectivity index (χ0) is 36.8. The predicted molar refractivity (Wildman–Crippen MR) is 185 cm³/mol. The first kappa shape index (κ1) is 39.1. The second kappa shape index (κ2) is 19.0. The van der Waals surface area contributed by atoms with Gasteiger partial charge < -0.3 is 40.9 Å². The summed E-state index contributed by atoms with van der Waals surface area (Å²) in [6.45, 7) is -1.39. The summed E-state index contributed by atoms with van der Waals surface area (Å²) in [6, 6.07) is 16.5. The molecule has 15 heteroatoms. The van der Waals surface area contributed by atoms with Crippen LogP contribution in [-0.4, -0.2) is 152 Å². The maximum absolute atomic E-state index is 13.6. The van der Waals surface area contributed by atoms with Crippen LogP contribution in [0.2, 0.25) is 0 Å². The molecule has 50 heavy (non-hydrogen) atoms. The van der Waals surface area contributed by atoms with Crippen LogP contribution < -0.4 is 16.4 Å². The Morgan fingerprint density at radius 3 is 1.70 bits per heavy atom. The molecule has 1 heterocycles. The standard InChI is InChI=1S/C35H48N8O7/c1-39-22-31(46)41(3)24-33(48)43(28(34(36)49)20-26-13-9-6-10-14-26)18-17-38-29(44)15-16-37-27(19-25-11-7-5-8-12-25)35(50)42(4)23-32(47)40(2)21-30(39)45/h5-14,27-28,37H,15-24H2,1-4H3,(H2,36,49)(H,38,44)/t27-,28-/m0/s1. The van der Waals surface area contributed by atoms with Gasteiger partial charge in [0.25, 0.3) is 0 Å². The number of amides is 7. The molecule has 1 fully saturated rings. The summed E-state index contributed by atoms with van der Waals surface area (Å²) in [5.41, 5.74) is 7.42. The van der Waals surface area contributed by atoms with Gasteiger partial charge in [0.05, 0.1) is 32.2 Å². The van der Waals surface area contributed by atoms with Gasteiger partial charge in [-0.05, 0) is 17.5 Å². The number of nitrogens with one attached hydrogen (secondary N) is 2. The number of likely N-dealkylation sites (N-methyl/N-ethyl adjacent to an activating group) is 4. The maximum atomic E-state index is 13.6. The van der Waals surface area contributed by atoms with Gasteiger partial charge in [-0.25, -0.2) is 0 Å². The highest BCUT2D eigenvalue weighted by Crippen LogP contribution is 2.11. The molecule has 0 spiro atoms. The lowest BCUT2D eigenvalue weighted by Crippen LogP contribution is -2.55. The Balaban J connectivity index is 1.86. The van der Waals surface area contributed by atoms with Crippen molar-refractivity contribution >= 4 is 41.4 Å². The van der Waals surface area contributed by atoms with Gasteiger partial charge in [-0.2, -0.15) is 0 Å². The average molecular weight is 693 g/mol. The number of nitrogens with zero attached hydrogens (tertiary/aromatic N) is 5. The van der Waals surface area contributed by atoms with E-state index in [2.05, 4.69) is 10.6 Å². The lowest BCUT2D eigenvalue weighted by molar-refractivity contribution is -0.146. The topological polar surface area (TPSA) is 186 Å². The lowest BCUT2D eigenvalue weighted by atomic mass is 10.0. The van der Waals surface area contributed by atoms with Crippen LogP contribution >= 0.6 is 0 Å². The molecule has 270 valence electrons. The predicted octanol–water partition coefficient (Wildman–Crippen LogP) is -1.53. The van der Waals surface area contributed by atoms with Gasteiger partial charge >= 0.3 is 0 Å². The van der Waals surface area contributed by atoms with Crippen molar-refractivity contribution < 1.29 is 33.6 Å². The Morgan fingerprint density at radius 2 is 1.18 bits per heavy atom. The van der Waals surface area contributed by atoms with E-state index < -0.39 is 48.2 Å². The van der Waals surface area contributed by atoms with Crippen molar-refractivity contribution in [2.75, 3.05) is 74.0 Å². The SMILES string of the molecule is CN1CC(=O)N(C)CC(=O)N([C@@H](Cc2ccccc2)C(N)=O)CCNC(=O)CCN[C@@H](Cc2ccccc2)C(=O)N(C)CC(=O)N(C)CC1=O. The number of carbonyl (C=O) groups is 7. The Hall–Kier alpha value is -5.31. The van der Waals surface area contributed by atoms with Gasteiger partial charge in [0, 0.05) is 60.7 Å². The molecule has 2 atom stereocenters. The summed E-state index contributed by atoms with van der Waals surface area (Å²) in [6.07, 6.45) is 0.411. The van der Waals surface area contributed by atoms with Crippen molar-refractivity contribution in [1.82, 2.24) is 35.1 Å². The molecule has 2 aromatic carbocycles. The molecule has 1 saturated heterocycles. The molecular formula is C35H48N8O7. The van der Waals surface area contributed by atoms with Crippen molar-refractivity contribution in [3.8, 4) is 0 Å². The minimum atomic E-state index is -1.07. The lowest BCUT2D eigenvalue weighted by Gasteiger charge is -2.32. The van der Waals surface area contributed by atoms with E-state index in [9.17, 15) is 33.6 Å². The first-order chi connectivity index (χ1) is 23.8. The number of hydrogen-bond donors (Lipinski definition) is 3. The van der Waals surface area contributed by atoms with Crippen molar-refractivity contribution in [1.29, 1.82) is 0 Å². The minimum absolute atomic E-state index is 0.00592. The normalized spacial score (nSPS) is 19.5. The van der Waals surface area contributed by atoms with Crippen molar-refractivity contribution in [2.45, 2.75) is 31.3 Å². The van der Waals surface area contributed by atoms with Crippen LogP contribution in [0.25, 0.3) is 0 Å². The van der Waals surface area contributed by atoms with Gasteiger partial charge in [0.1, 0.15) is 6.04 Å². The highest BCUT2D eigenvalue weighted by molar-refractivity contribution is 5.93. The minimum Gasteiger partial charge on any atom is -0.368 e. The van der Waals surface area contributed by atoms with Gasteiger partial charge in [0.2, 0.25) is 41.4 Å². The molecule has 4 N–H and O–H groups in total. The zero-order valence-electron chi connectivity index (χ0n) is 29.2. The zero-order valence-corrected chi connectivity index (χ0v) is 29.2. The quantitative estimate of drug-likeness (QED) is 0.325. The van der Waals surface area contributed by atoms with Crippen molar-refractivity contribution in [3.05, 3.63) is 71.8 Å². The molecule has 0 radical (unpaired) electrons. The van der Waals surface area contributed by atoms with E-state index >= 15 is 0 Å². The Kier molecular flexibility index (Phi) is 14.9. The summed E-state index contributed by atoms with van der Waals surface area (Å²) >= 11 is 0. The van der Waals surface area contributed by atoms with Crippen LogP contribution in [0.3, 0.4) is 0 Å². The molecule has 3 rings (SSSR count). The number of nitrogens with two attached hydrogens (primary N) is 1. The van der Waals surface area contributed by atoms with E-state index in [1.807, 2.05) is 36.4 Å². The molecule has 0 aliphatic carbocycles. The average Bonchev–Trinajstić information content (AvgIpc) is 3.08. The molecular weight excluding hydrogens is 644 g/mol. The highest BCUT2D eigenvalue weighted by Gasteiger charge is 2.31. The monoisotopic (exact) mass is 692 g/mol. The van der Waals surface area contributed by atoms with Crippen LogP contribution in [-0.2, 0) is 46.4 Å². The van der Waals surface area contributed by atoms with E-state index in [1.165, 1.54) is 42.9 Å². The first-order valence-electron chi connectivity index (χ1n) is 16.4. The Bertz CT molecular complexity index is 1510. The fourth-order valence-electron chi connectivity index (χ4n) is 5.39. The molecule has 2 aromatic rings. The van der Waals surface area contributed by atoms with E-state index in [0.717, 1.165) is 20.9 Å². The summed E-state index contributed by atoms with van der Waals surface area (Å²) < 4.78 is 0. The maximum Gasteiger partial charge on any atom is 0.242 e. The Morgan fingerprint density at radius 1 is 0.700 bits per heavy atom. The smallest absolute Gasteiger partial charge is 0.242 e. The summed E-state index contributed by atoms with van der Waals surface area (Å²) in [5, 5.41) is 5.90. The molecule has 0 unspecified atom stereocenters. The van der Waals surface area contributed by atoms with Gasteiger partial charge in [-0.15, -0.1) is 0 Å². The Labute approximate surface area is 292 Å². The molecule has 7 amide bonds. The van der Waals surface area contributed by atoms with E-state index in [0.29, 0.717) is 6.42 Å². The van der Waals surface area contributed by atoms with E-state index in [-0.39, 0.29) is 63.9 Å². The summed E-state index contributed by atoms with van der Waals surface area (Å²) in [7, 11) is 5.72. The molecule has 1 aliphatic heterocycles.